The van der Waals surface area contributed by atoms with Gasteiger partial charge in [-0.2, -0.15) is 15.6 Å². The van der Waals surface area contributed by atoms with Crippen molar-refractivity contribution in [1.82, 2.24) is 9.21 Å². The normalized spacial score (nSPS) is 15.2. The summed E-state index contributed by atoms with van der Waals surface area (Å²) in [6.07, 6.45) is 0.823. The summed E-state index contributed by atoms with van der Waals surface area (Å²) < 4.78 is 31.6. The third-order valence-corrected chi connectivity index (χ3v) is 7.31. The molecule has 0 bridgehead atoms. The predicted octanol–water partition coefficient (Wildman–Crippen LogP) is 1.90. The first-order valence-electron chi connectivity index (χ1n) is 9.40. The third-order valence-electron chi connectivity index (χ3n) is 4.73. The van der Waals surface area contributed by atoms with Crippen molar-refractivity contribution in [2.45, 2.75) is 18.6 Å². The number of hydrogen-bond acceptors (Lipinski definition) is 6. The Morgan fingerprint density at radius 2 is 1.72 bits per heavy atom. The number of nitrogens with zero attached hydrogens (tertiary/aromatic N) is 2. The number of sulfonamides is 1. The van der Waals surface area contributed by atoms with Gasteiger partial charge in [0.25, 0.3) is 5.91 Å². The molecular weight excluding hydrogens is 412 g/mol. The van der Waals surface area contributed by atoms with E-state index in [0.29, 0.717) is 19.5 Å². The number of ether oxygens (including phenoxy) is 1. The van der Waals surface area contributed by atoms with E-state index in [1.54, 1.807) is 28.4 Å². The molecule has 2 heterocycles. The topological polar surface area (TPSA) is 84.0 Å². The average Bonchev–Trinajstić information content (AvgIpc) is 3.25. The largest absolute Gasteiger partial charge is 0.456 e. The molecule has 0 atom stereocenters. The quantitative estimate of drug-likeness (QED) is 0.590. The second-order valence-electron chi connectivity index (χ2n) is 6.81. The summed E-state index contributed by atoms with van der Waals surface area (Å²) in [5, 5.41) is 3.92. The smallest absolute Gasteiger partial charge is 0.306 e. The molecule has 0 radical (unpaired) electrons. The number of benzene rings is 1. The van der Waals surface area contributed by atoms with Crippen LogP contribution in [0.5, 0.6) is 0 Å². The van der Waals surface area contributed by atoms with E-state index in [1.807, 2.05) is 35.0 Å². The first-order chi connectivity index (χ1) is 13.9. The zero-order chi connectivity index (χ0) is 20.7. The van der Waals surface area contributed by atoms with E-state index >= 15 is 0 Å². The summed E-state index contributed by atoms with van der Waals surface area (Å²) in [6.45, 7) is 0.762. The molecule has 9 heteroatoms. The molecule has 0 saturated carbocycles. The van der Waals surface area contributed by atoms with Gasteiger partial charge in [-0.25, -0.2) is 8.42 Å². The Hall–Kier alpha value is -2.23. The van der Waals surface area contributed by atoms with Crippen LogP contribution in [-0.2, 0) is 36.5 Å². The Bertz CT molecular complexity index is 906. The van der Waals surface area contributed by atoms with Gasteiger partial charge in [0.1, 0.15) is 0 Å². The van der Waals surface area contributed by atoms with Crippen LogP contribution in [0, 0.1) is 0 Å². The lowest BCUT2D eigenvalue weighted by Gasteiger charge is -2.33. The minimum Gasteiger partial charge on any atom is -0.456 e. The molecule has 1 aromatic carbocycles. The molecule has 0 spiro atoms. The second-order valence-corrected chi connectivity index (χ2v) is 9.56. The standard InChI is InChI=1S/C20H24N2O5S2/c23-19(14-27-20(24)7-6-17-8-13-28-15-17)21-9-11-22(12-10-21)29(25,26)16-18-4-2-1-3-5-18/h1-5,8,13,15H,6-7,9-12,14,16H2. The molecule has 29 heavy (non-hydrogen) atoms. The molecule has 0 N–H and O–H groups in total. The first kappa shape index (κ1) is 21.5. The first-order valence-corrected chi connectivity index (χ1v) is 12.0. The number of esters is 1. The lowest BCUT2D eigenvalue weighted by atomic mass is 10.2. The van der Waals surface area contributed by atoms with Crippen molar-refractivity contribution in [2.24, 2.45) is 0 Å². The molecule has 1 aromatic heterocycles. The monoisotopic (exact) mass is 436 g/mol. The minimum absolute atomic E-state index is 0.0521. The molecule has 156 valence electrons. The van der Waals surface area contributed by atoms with Crippen LogP contribution >= 0.6 is 11.3 Å². The number of hydrogen-bond donors (Lipinski definition) is 0. The number of amides is 1. The van der Waals surface area contributed by atoms with Crippen LogP contribution in [-0.4, -0.2) is 62.3 Å². The number of aryl methyl sites for hydroxylation is 1. The molecular formula is C20H24N2O5S2. The van der Waals surface area contributed by atoms with Gasteiger partial charge in [0, 0.05) is 32.6 Å². The van der Waals surface area contributed by atoms with Crippen LogP contribution in [0.3, 0.4) is 0 Å². The summed E-state index contributed by atoms with van der Waals surface area (Å²) in [5.74, 6) is -0.758. The van der Waals surface area contributed by atoms with Crippen molar-refractivity contribution in [3.63, 3.8) is 0 Å². The highest BCUT2D eigenvalue weighted by molar-refractivity contribution is 7.88. The Labute approximate surface area is 174 Å². The molecule has 0 aliphatic carbocycles. The third kappa shape index (κ3) is 6.38. The van der Waals surface area contributed by atoms with Gasteiger partial charge in [0.15, 0.2) is 6.61 Å². The van der Waals surface area contributed by atoms with E-state index in [9.17, 15) is 18.0 Å². The maximum atomic E-state index is 12.6. The summed E-state index contributed by atoms with van der Waals surface area (Å²) in [6, 6.07) is 11.0. The fourth-order valence-corrected chi connectivity index (χ4v) is 5.30. The molecule has 1 fully saturated rings. The van der Waals surface area contributed by atoms with Gasteiger partial charge in [-0.1, -0.05) is 30.3 Å². The van der Waals surface area contributed by atoms with Crippen molar-refractivity contribution in [1.29, 1.82) is 0 Å². The van der Waals surface area contributed by atoms with Gasteiger partial charge in [-0.05, 0) is 34.4 Å². The number of rotatable bonds is 8. The summed E-state index contributed by atoms with van der Waals surface area (Å²) in [4.78, 5) is 25.6. The second kappa shape index (κ2) is 10.00. The van der Waals surface area contributed by atoms with E-state index < -0.39 is 16.0 Å². The van der Waals surface area contributed by atoms with Crippen LogP contribution < -0.4 is 0 Å². The highest BCUT2D eigenvalue weighted by Crippen LogP contribution is 2.14. The van der Waals surface area contributed by atoms with Crippen LogP contribution in [0.15, 0.2) is 47.2 Å². The SMILES string of the molecule is O=C(CCc1ccsc1)OCC(=O)N1CCN(S(=O)(=O)Cc2ccccc2)CC1. The number of carbonyl (C=O) groups is 2. The number of piperazine rings is 1. The van der Waals surface area contributed by atoms with Gasteiger partial charge >= 0.3 is 5.97 Å². The Morgan fingerprint density at radius 1 is 1.00 bits per heavy atom. The maximum Gasteiger partial charge on any atom is 0.306 e. The van der Waals surface area contributed by atoms with Gasteiger partial charge < -0.3 is 9.64 Å². The van der Waals surface area contributed by atoms with E-state index in [0.717, 1.165) is 11.1 Å². The fraction of sp³-hybridized carbons (Fsp3) is 0.400. The number of carbonyl (C=O) groups excluding carboxylic acids is 2. The van der Waals surface area contributed by atoms with Crippen LogP contribution in [0.4, 0.5) is 0 Å². The van der Waals surface area contributed by atoms with Crippen LogP contribution in [0.1, 0.15) is 17.5 Å². The average molecular weight is 437 g/mol. The van der Waals surface area contributed by atoms with E-state index in [-0.39, 0.29) is 37.8 Å². The zero-order valence-corrected chi connectivity index (χ0v) is 17.7. The molecule has 1 amide bonds. The van der Waals surface area contributed by atoms with Crippen molar-refractivity contribution in [3.8, 4) is 0 Å². The van der Waals surface area contributed by atoms with Crippen LogP contribution in [0.2, 0.25) is 0 Å². The molecule has 1 aliphatic heterocycles. The summed E-state index contributed by atoms with van der Waals surface area (Å²) >= 11 is 1.57. The zero-order valence-electron chi connectivity index (χ0n) is 16.0. The number of thiophene rings is 1. The Morgan fingerprint density at radius 3 is 2.38 bits per heavy atom. The van der Waals surface area contributed by atoms with Gasteiger partial charge in [0.2, 0.25) is 10.0 Å². The lowest BCUT2D eigenvalue weighted by molar-refractivity contribution is -0.152. The van der Waals surface area contributed by atoms with Crippen molar-refractivity contribution >= 4 is 33.2 Å². The van der Waals surface area contributed by atoms with Crippen molar-refractivity contribution in [3.05, 3.63) is 58.3 Å². The van der Waals surface area contributed by atoms with E-state index in [4.69, 9.17) is 4.74 Å². The predicted molar refractivity (Wildman–Crippen MR) is 111 cm³/mol. The lowest BCUT2D eigenvalue weighted by Crippen LogP contribution is -2.51. The molecule has 7 nitrogen and oxygen atoms in total. The summed E-state index contributed by atoms with van der Waals surface area (Å²) in [7, 11) is -3.43. The van der Waals surface area contributed by atoms with E-state index in [2.05, 4.69) is 0 Å². The maximum absolute atomic E-state index is 12.6. The van der Waals surface area contributed by atoms with Crippen LogP contribution in [0.25, 0.3) is 0 Å². The summed E-state index contributed by atoms with van der Waals surface area (Å²) in [5.41, 5.74) is 1.81. The molecule has 1 aliphatic rings. The van der Waals surface area contributed by atoms with Crippen molar-refractivity contribution in [2.75, 3.05) is 32.8 Å². The molecule has 1 saturated heterocycles. The van der Waals surface area contributed by atoms with E-state index in [1.165, 1.54) is 4.31 Å². The van der Waals surface area contributed by atoms with Gasteiger partial charge in [0.05, 0.1) is 5.75 Å². The molecule has 0 unspecified atom stereocenters. The highest BCUT2D eigenvalue weighted by Gasteiger charge is 2.29. The Balaban J connectivity index is 1.40. The van der Waals surface area contributed by atoms with Gasteiger partial charge in [-0.3, -0.25) is 9.59 Å². The van der Waals surface area contributed by atoms with Gasteiger partial charge in [-0.15, -0.1) is 0 Å². The fourth-order valence-electron chi connectivity index (χ4n) is 3.08. The Kier molecular flexibility index (Phi) is 7.40. The van der Waals surface area contributed by atoms with Crippen molar-refractivity contribution < 1.29 is 22.7 Å². The highest BCUT2D eigenvalue weighted by atomic mass is 32.2. The molecule has 2 aromatic rings. The minimum atomic E-state index is -3.43. The molecule has 3 rings (SSSR count).